The lowest BCUT2D eigenvalue weighted by Crippen LogP contribution is -1.96. The van der Waals surface area contributed by atoms with E-state index in [1.807, 2.05) is 25.1 Å². The van der Waals surface area contributed by atoms with Crippen molar-refractivity contribution in [2.45, 2.75) is 20.4 Å². The molecule has 0 aliphatic rings. The summed E-state index contributed by atoms with van der Waals surface area (Å²) in [5.41, 5.74) is 2.85. The fourth-order valence-electron chi connectivity index (χ4n) is 2.13. The van der Waals surface area contributed by atoms with Crippen molar-refractivity contribution in [1.29, 1.82) is 5.26 Å². The van der Waals surface area contributed by atoms with Crippen LogP contribution in [-0.2, 0) is 6.54 Å². The molecule has 2 aromatic rings. The monoisotopic (exact) mass is 214 g/mol. The van der Waals surface area contributed by atoms with Gasteiger partial charge in [0.1, 0.15) is 11.8 Å². The summed E-state index contributed by atoms with van der Waals surface area (Å²) in [6.07, 6.45) is 0. The van der Waals surface area contributed by atoms with Crippen LogP contribution in [0.4, 0.5) is 0 Å². The maximum Gasteiger partial charge on any atom is 0.120 e. The first kappa shape index (κ1) is 10.6. The van der Waals surface area contributed by atoms with Crippen LogP contribution in [0.25, 0.3) is 10.9 Å². The Morgan fingerprint density at radius 3 is 2.75 bits per heavy atom. The van der Waals surface area contributed by atoms with E-state index < -0.39 is 0 Å². The van der Waals surface area contributed by atoms with Gasteiger partial charge >= 0.3 is 0 Å². The number of nitriles is 1. The number of methoxy groups -OCH3 is 1. The molecule has 0 aliphatic heterocycles. The van der Waals surface area contributed by atoms with E-state index in [-0.39, 0.29) is 0 Å². The van der Waals surface area contributed by atoms with Crippen molar-refractivity contribution >= 4 is 10.9 Å². The highest BCUT2D eigenvalue weighted by molar-refractivity contribution is 5.89. The van der Waals surface area contributed by atoms with Crippen molar-refractivity contribution in [2.75, 3.05) is 7.11 Å². The molecule has 0 N–H and O–H groups in total. The van der Waals surface area contributed by atoms with Crippen LogP contribution in [-0.4, -0.2) is 11.7 Å². The van der Waals surface area contributed by atoms with Crippen molar-refractivity contribution in [3.05, 3.63) is 29.5 Å². The average Bonchev–Trinajstić information content (AvgIpc) is 2.59. The largest absolute Gasteiger partial charge is 0.497 e. The fraction of sp³-hybridized carbons (Fsp3) is 0.308. The maximum atomic E-state index is 9.16. The quantitative estimate of drug-likeness (QED) is 0.771. The molecule has 0 atom stereocenters. The summed E-state index contributed by atoms with van der Waals surface area (Å²) in [5, 5.41) is 10.2. The molecule has 1 heterocycles. The number of benzene rings is 1. The molecule has 0 radical (unpaired) electrons. The number of hydrogen-bond acceptors (Lipinski definition) is 2. The van der Waals surface area contributed by atoms with Crippen LogP contribution >= 0.6 is 0 Å². The zero-order valence-electron chi connectivity index (χ0n) is 9.74. The second kappa shape index (κ2) is 3.90. The normalized spacial score (nSPS) is 10.4. The first-order valence-electron chi connectivity index (χ1n) is 5.29. The van der Waals surface area contributed by atoms with E-state index in [1.54, 1.807) is 7.11 Å². The van der Waals surface area contributed by atoms with Crippen LogP contribution in [0.5, 0.6) is 5.75 Å². The lowest BCUT2D eigenvalue weighted by molar-refractivity contribution is 0.415. The Bertz CT molecular complexity index is 576. The highest BCUT2D eigenvalue weighted by Crippen LogP contribution is 2.28. The molecule has 0 saturated carbocycles. The molecule has 3 heteroatoms. The summed E-state index contributed by atoms with van der Waals surface area (Å²) in [6, 6.07) is 8.09. The lowest BCUT2D eigenvalue weighted by atomic mass is 10.1. The van der Waals surface area contributed by atoms with Gasteiger partial charge in [-0.25, -0.2) is 0 Å². The van der Waals surface area contributed by atoms with E-state index in [4.69, 9.17) is 10.00 Å². The third-order valence-electron chi connectivity index (χ3n) is 2.96. The second-order valence-corrected chi connectivity index (χ2v) is 3.70. The van der Waals surface area contributed by atoms with Crippen LogP contribution in [0, 0.1) is 18.3 Å². The van der Waals surface area contributed by atoms with Gasteiger partial charge in [-0.2, -0.15) is 5.26 Å². The Morgan fingerprint density at radius 2 is 2.19 bits per heavy atom. The zero-order valence-corrected chi connectivity index (χ0v) is 9.74. The minimum absolute atomic E-state index is 0.763. The maximum absolute atomic E-state index is 9.16. The van der Waals surface area contributed by atoms with Crippen LogP contribution in [0.1, 0.15) is 18.2 Å². The Balaban J connectivity index is 2.85. The van der Waals surface area contributed by atoms with Gasteiger partial charge in [-0.1, -0.05) is 0 Å². The molecule has 0 spiro atoms. The van der Waals surface area contributed by atoms with Gasteiger partial charge in [0.05, 0.1) is 18.2 Å². The van der Waals surface area contributed by atoms with Crippen LogP contribution in [0.2, 0.25) is 0 Å². The second-order valence-electron chi connectivity index (χ2n) is 3.70. The number of hydrogen-bond donors (Lipinski definition) is 0. The van der Waals surface area contributed by atoms with Gasteiger partial charge in [-0.3, -0.25) is 0 Å². The van der Waals surface area contributed by atoms with Gasteiger partial charge in [-0.15, -0.1) is 0 Å². The molecule has 1 aromatic carbocycles. The van der Waals surface area contributed by atoms with Gasteiger partial charge in [0, 0.05) is 23.7 Å². The van der Waals surface area contributed by atoms with E-state index in [2.05, 4.69) is 17.6 Å². The van der Waals surface area contributed by atoms with E-state index in [0.29, 0.717) is 0 Å². The topological polar surface area (TPSA) is 38.0 Å². The summed E-state index contributed by atoms with van der Waals surface area (Å²) < 4.78 is 7.34. The van der Waals surface area contributed by atoms with Crippen molar-refractivity contribution in [3.8, 4) is 11.8 Å². The van der Waals surface area contributed by atoms with Crippen molar-refractivity contribution in [2.24, 2.45) is 0 Å². The van der Waals surface area contributed by atoms with Crippen molar-refractivity contribution in [3.63, 3.8) is 0 Å². The number of aryl methyl sites for hydroxylation is 1. The summed E-state index contributed by atoms with van der Waals surface area (Å²) in [6.45, 7) is 4.92. The van der Waals surface area contributed by atoms with Gasteiger partial charge in [0.2, 0.25) is 0 Å². The van der Waals surface area contributed by atoms with Gasteiger partial charge in [-0.05, 0) is 26.0 Å². The van der Waals surface area contributed by atoms with Crippen LogP contribution in [0.3, 0.4) is 0 Å². The molecule has 0 amide bonds. The first-order valence-corrected chi connectivity index (χ1v) is 5.29. The third kappa shape index (κ3) is 1.35. The highest BCUT2D eigenvalue weighted by atomic mass is 16.5. The number of aromatic nitrogens is 1. The molecule has 0 bridgehead atoms. The SMILES string of the molecule is CCn1c(C)c(C#N)c2ccc(OC)cc21. The molecule has 82 valence electrons. The first-order chi connectivity index (χ1) is 7.72. The fourth-order valence-corrected chi connectivity index (χ4v) is 2.13. The Labute approximate surface area is 94.9 Å². The molecule has 0 fully saturated rings. The predicted molar refractivity (Wildman–Crippen MR) is 63.6 cm³/mol. The predicted octanol–water partition coefficient (Wildman–Crippen LogP) is 2.85. The molecular formula is C13H14N2O. The standard InChI is InChI=1S/C13H14N2O/c1-4-15-9(2)12(8-14)11-6-5-10(16-3)7-13(11)15/h5-7H,4H2,1-3H3. The minimum atomic E-state index is 0.763. The molecule has 1 aromatic heterocycles. The van der Waals surface area contributed by atoms with Crippen LogP contribution in [0.15, 0.2) is 18.2 Å². The van der Waals surface area contributed by atoms with E-state index in [0.717, 1.165) is 34.5 Å². The molecule has 2 rings (SSSR count). The number of ether oxygens (including phenoxy) is 1. The molecule has 0 aliphatic carbocycles. The number of fused-ring (bicyclic) bond motifs is 1. The smallest absolute Gasteiger partial charge is 0.120 e. The summed E-state index contributed by atoms with van der Waals surface area (Å²) in [7, 11) is 1.65. The molecule has 0 saturated heterocycles. The molecular weight excluding hydrogens is 200 g/mol. The molecule has 3 nitrogen and oxygen atoms in total. The Kier molecular flexibility index (Phi) is 2.57. The number of nitrogens with zero attached hydrogens (tertiary/aromatic N) is 2. The van der Waals surface area contributed by atoms with Gasteiger partial charge in [0.25, 0.3) is 0 Å². The summed E-state index contributed by atoms with van der Waals surface area (Å²) in [5.74, 6) is 0.823. The zero-order chi connectivity index (χ0) is 11.7. The number of rotatable bonds is 2. The highest BCUT2D eigenvalue weighted by Gasteiger charge is 2.12. The van der Waals surface area contributed by atoms with Gasteiger partial charge in [0.15, 0.2) is 0 Å². The van der Waals surface area contributed by atoms with E-state index >= 15 is 0 Å². The summed E-state index contributed by atoms with van der Waals surface area (Å²) in [4.78, 5) is 0. The molecule has 0 unspecified atom stereocenters. The van der Waals surface area contributed by atoms with E-state index in [9.17, 15) is 0 Å². The van der Waals surface area contributed by atoms with E-state index in [1.165, 1.54) is 0 Å². The minimum Gasteiger partial charge on any atom is -0.497 e. The van der Waals surface area contributed by atoms with Gasteiger partial charge < -0.3 is 9.30 Å². The third-order valence-corrected chi connectivity index (χ3v) is 2.96. The van der Waals surface area contributed by atoms with Crippen molar-refractivity contribution in [1.82, 2.24) is 4.57 Å². The van der Waals surface area contributed by atoms with Crippen molar-refractivity contribution < 1.29 is 4.74 Å². The molecule has 16 heavy (non-hydrogen) atoms. The average molecular weight is 214 g/mol. The van der Waals surface area contributed by atoms with Crippen LogP contribution < -0.4 is 4.74 Å². The Morgan fingerprint density at radius 1 is 1.44 bits per heavy atom. The lowest BCUT2D eigenvalue weighted by Gasteiger charge is -2.04. The Hall–Kier alpha value is -1.95. The summed E-state index contributed by atoms with van der Waals surface area (Å²) >= 11 is 0.